The summed E-state index contributed by atoms with van der Waals surface area (Å²) in [6, 6.07) is 12.6. The second-order valence-electron chi connectivity index (χ2n) is 7.94. The van der Waals surface area contributed by atoms with E-state index in [-0.39, 0.29) is 23.2 Å². The summed E-state index contributed by atoms with van der Waals surface area (Å²) in [5.74, 6) is -1.64. The van der Waals surface area contributed by atoms with Crippen molar-refractivity contribution in [2.45, 2.75) is 25.4 Å². The molecular formula is C24H25N5O3S. The van der Waals surface area contributed by atoms with Crippen LogP contribution < -0.4 is 5.32 Å². The van der Waals surface area contributed by atoms with Gasteiger partial charge >= 0.3 is 5.97 Å². The Balaban J connectivity index is 1.66. The van der Waals surface area contributed by atoms with Crippen LogP contribution in [0.3, 0.4) is 0 Å². The van der Waals surface area contributed by atoms with E-state index in [1.165, 1.54) is 23.5 Å². The number of nitrogens with one attached hydrogen (secondary N) is 1. The maximum absolute atomic E-state index is 12.7. The van der Waals surface area contributed by atoms with Crippen LogP contribution in [-0.2, 0) is 0 Å². The number of likely N-dealkylation sites (N-methyl/N-ethyl adjacent to an activating group) is 1. The summed E-state index contributed by atoms with van der Waals surface area (Å²) in [5.41, 5.74) is 1.95. The first kappa shape index (κ1) is 22.6. The zero-order valence-electron chi connectivity index (χ0n) is 18.6. The smallest absolute Gasteiger partial charge is 0.336 e. The molecule has 0 fully saturated rings. The molecule has 2 heterocycles. The third-order valence-electron chi connectivity index (χ3n) is 5.67. The summed E-state index contributed by atoms with van der Waals surface area (Å²) in [5, 5.41) is 12.5. The lowest BCUT2D eigenvalue weighted by molar-refractivity contribution is 0.0692. The van der Waals surface area contributed by atoms with Gasteiger partial charge in [0.1, 0.15) is 0 Å². The number of benzene rings is 2. The van der Waals surface area contributed by atoms with Gasteiger partial charge in [0.15, 0.2) is 5.13 Å². The van der Waals surface area contributed by atoms with Crippen LogP contribution in [0.2, 0.25) is 0 Å². The number of carbonyl (C=O) groups is 2. The molecule has 0 aliphatic carbocycles. The number of aromatic carboxylic acids is 1. The van der Waals surface area contributed by atoms with Crippen molar-refractivity contribution in [3.05, 3.63) is 77.9 Å². The highest BCUT2D eigenvalue weighted by molar-refractivity contribution is 7.22. The van der Waals surface area contributed by atoms with Gasteiger partial charge in [0, 0.05) is 18.4 Å². The van der Waals surface area contributed by atoms with Crippen LogP contribution in [0, 0.1) is 0 Å². The molecule has 1 amide bonds. The number of carbonyl (C=O) groups excluding carboxylic acids is 1. The Bertz CT molecular complexity index is 1280. The lowest BCUT2D eigenvalue weighted by Gasteiger charge is -2.33. The lowest BCUT2D eigenvalue weighted by atomic mass is 9.96. The highest BCUT2D eigenvalue weighted by Gasteiger charge is 2.26. The topological polar surface area (TPSA) is 100 Å². The first-order valence-electron chi connectivity index (χ1n) is 10.6. The normalized spacial score (nSPS) is 13.2. The summed E-state index contributed by atoms with van der Waals surface area (Å²) in [6.45, 7) is 2.17. The van der Waals surface area contributed by atoms with Crippen LogP contribution in [-0.4, -0.2) is 56.6 Å². The predicted octanol–water partition coefficient (Wildman–Crippen LogP) is 4.37. The minimum Gasteiger partial charge on any atom is -0.478 e. The fraction of sp³-hybridized carbons (Fsp3) is 0.250. The van der Waals surface area contributed by atoms with Crippen LogP contribution in [0.25, 0.3) is 10.2 Å². The quantitative estimate of drug-likeness (QED) is 0.402. The van der Waals surface area contributed by atoms with Crippen LogP contribution in [0.5, 0.6) is 0 Å². The second-order valence-corrected chi connectivity index (χ2v) is 8.98. The van der Waals surface area contributed by atoms with Crippen molar-refractivity contribution in [1.29, 1.82) is 0 Å². The minimum atomic E-state index is -1.15. The minimum absolute atomic E-state index is 0.0455. The maximum atomic E-state index is 12.7. The van der Waals surface area contributed by atoms with Gasteiger partial charge in [-0.15, -0.1) is 0 Å². The molecule has 0 saturated heterocycles. The number of fused-ring (bicyclic) bond motifs is 1. The van der Waals surface area contributed by atoms with Crippen molar-refractivity contribution in [2.75, 3.05) is 19.4 Å². The number of rotatable bonds is 8. The number of imidazole rings is 1. The Kier molecular flexibility index (Phi) is 6.52. The van der Waals surface area contributed by atoms with Crippen molar-refractivity contribution in [3.8, 4) is 0 Å². The number of thiazole rings is 1. The van der Waals surface area contributed by atoms with Crippen molar-refractivity contribution in [3.63, 3.8) is 0 Å². The molecule has 8 nitrogen and oxygen atoms in total. The highest BCUT2D eigenvalue weighted by Crippen LogP contribution is 2.33. The molecular weight excluding hydrogens is 438 g/mol. The number of carboxylic acids is 1. The average Bonchev–Trinajstić information content (AvgIpc) is 3.46. The number of carboxylic acid groups (broad SMARTS) is 1. The third kappa shape index (κ3) is 4.64. The molecule has 0 saturated carbocycles. The number of amides is 1. The standard InChI is InChI=1S/C24H25N5O3S/c1-4-19(28(2)3)21(29-12-11-25-14-29)15-9-10-18-20(13-15)33-24(26-18)27-22(30)16-7-5-6-8-17(16)23(31)32/h5-14,19,21H,4H2,1-3H3,(H,31,32)(H,26,27,30). The van der Waals surface area contributed by atoms with Gasteiger partial charge in [-0.2, -0.15) is 0 Å². The van der Waals surface area contributed by atoms with Crippen molar-refractivity contribution in [1.82, 2.24) is 19.4 Å². The fourth-order valence-electron chi connectivity index (χ4n) is 4.11. The SMILES string of the molecule is CCC(C(c1ccc2nc(NC(=O)c3ccccc3C(=O)O)sc2c1)n1ccnc1)N(C)C. The van der Waals surface area contributed by atoms with Gasteiger partial charge < -0.3 is 14.6 Å². The van der Waals surface area contributed by atoms with E-state index in [2.05, 4.69) is 57.9 Å². The number of aromatic nitrogens is 3. The monoisotopic (exact) mass is 463 g/mol. The molecule has 170 valence electrons. The summed E-state index contributed by atoms with van der Waals surface area (Å²) < 4.78 is 3.05. The van der Waals surface area contributed by atoms with Gasteiger partial charge in [-0.25, -0.2) is 14.8 Å². The van der Waals surface area contributed by atoms with E-state index >= 15 is 0 Å². The van der Waals surface area contributed by atoms with Crippen LogP contribution in [0.15, 0.2) is 61.2 Å². The zero-order chi connectivity index (χ0) is 23.5. The van der Waals surface area contributed by atoms with Gasteiger partial charge in [-0.1, -0.05) is 36.5 Å². The molecule has 0 bridgehead atoms. The molecule has 2 aromatic carbocycles. The predicted molar refractivity (Wildman–Crippen MR) is 129 cm³/mol. The number of anilines is 1. The third-order valence-corrected chi connectivity index (χ3v) is 6.60. The van der Waals surface area contributed by atoms with E-state index in [0.717, 1.165) is 22.2 Å². The molecule has 0 aliphatic rings. The Morgan fingerprint density at radius 1 is 1.18 bits per heavy atom. The number of hydrogen-bond donors (Lipinski definition) is 2. The van der Waals surface area contributed by atoms with Crippen LogP contribution in [0.4, 0.5) is 5.13 Å². The molecule has 2 atom stereocenters. The van der Waals surface area contributed by atoms with Crippen LogP contribution >= 0.6 is 11.3 Å². The highest BCUT2D eigenvalue weighted by atomic mass is 32.1. The zero-order valence-corrected chi connectivity index (χ0v) is 19.4. The molecule has 0 radical (unpaired) electrons. The summed E-state index contributed by atoms with van der Waals surface area (Å²) in [4.78, 5) is 35.1. The van der Waals surface area contributed by atoms with Crippen LogP contribution in [0.1, 0.15) is 45.7 Å². The van der Waals surface area contributed by atoms with Gasteiger partial charge in [0.25, 0.3) is 5.91 Å². The van der Waals surface area contributed by atoms with Gasteiger partial charge in [0.05, 0.1) is 33.7 Å². The Hall–Kier alpha value is -3.56. The molecule has 33 heavy (non-hydrogen) atoms. The second kappa shape index (κ2) is 9.51. The Morgan fingerprint density at radius 3 is 2.58 bits per heavy atom. The first-order chi connectivity index (χ1) is 15.9. The largest absolute Gasteiger partial charge is 0.478 e. The fourth-order valence-corrected chi connectivity index (χ4v) is 5.02. The summed E-state index contributed by atoms with van der Waals surface area (Å²) in [6.07, 6.45) is 6.54. The van der Waals surface area contributed by atoms with Gasteiger partial charge in [0.2, 0.25) is 0 Å². The first-order valence-corrected chi connectivity index (χ1v) is 11.4. The molecule has 2 aromatic heterocycles. The molecule has 2 unspecified atom stereocenters. The average molecular weight is 464 g/mol. The van der Waals surface area contributed by atoms with Crippen molar-refractivity contribution < 1.29 is 14.7 Å². The van der Waals surface area contributed by atoms with Crippen molar-refractivity contribution >= 4 is 38.6 Å². The van der Waals surface area contributed by atoms with E-state index in [1.54, 1.807) is 18.3 Å². The number of nitrogens with zero attached hydrogens (tertiary/aromatic N) is 4. The lowest BCUT2D eigenvalue weighted by Crippen LogP contribution is -2.36. The van der Waals surface area contributed by atoms with E-state index in [4.69, 9.17) is 0 Å². The molecule has 0 spiro atoms. The van der Waals surface area contributed by atoms with Gasteiger partial charge in [-0.05, 0) is 50.3 Å². The van der Waals surface area contributed by atoms with E-state index in [9.17, 15) is 14.7 Å². The van der Waals surface area contributed by atoms with Crippen molar-refractivity contribution in [2.24, 2.45) is 0 Å². The Morgan fingerprint density at radius 2 is 1.94 bits per heavy atom. The molecule has 2 N–H and O–H groups in total. The van der Waals surface area contributed by atoms with E-state index < -0.39 is 11.9 Å². The number of hydrogen-bond acceptors (Lipinski definition) is 6. The molecule has 9 heteroatoms. The Labute approximate surface area is 195 Å². The molecule has 4 rings (SSSR count). The molecule has 0 aliphatic heterocycles. The van der Waals surface area contributed by atoms with Gasteiger partial charge in [-0.3, -0.25) is 10.1 Å². The van der Waals surface area contributed by atoms with E-state index in [1.807, 2.05) is 18.6 Å². The molecule has 4 aromatic rings. The summed E-state index contributed by atoms with van der Waals surface area (Å²) >= 11 is 1.36. The maximum Gasteiger partial charge on any atom is 0.336 e. The van der Waals surface area contributed by atoms with E-state index in [0.29, 0.717) is 5.13 Å². The summed E-state index contributed by atoms with van der Waals surface area (Å²) in [7, 11) is 4.15.